The van der Waals surface area contributed by atoms with Crippen LogP contribution in [-0.4, -0.2) is 42.0 Å². The number of sulfone groups is 1. The van der Waals surface area contributed by atoms with Crippen LogP contribution in [0.15, 0.2) is 18.2 Å². The third-order valence-electron chi connectivity index (χ3n) is 2.26. The molecule has 0 aliphatic rings. The first-order valence-electron chi connectivity index (χ1n) is 5.55. The predicted octanol–water partition coefficient (Wildman–Crippen LogP) is 0.140. The summed E-state index contributed by atoms with van der Waals surface area (Å²) in [7, 11) is -4.80. The zero-order chi connectivity index (χ0) is 15.3. The van der Waals surface area contributed by atoms with Gasteiger partial charge in [-0.25, -0.2) is 12.8 Å². The largest absolute Gasteiger partial charge is 0.397 e. The number of nitrogen functional groups attached to an aromatic ring is 1. The molecule has 6 nitrogen and oxygen atoms in total. The van der Waals surface area contributed by atoms with Crippen LogP contribution in [-0.2, 0) is 25.4 Å². The first-order chi connectivity index (χ1) is 9.17. The van der Waals surface area contributed by atoms with Gasteiger partial charge in [0.05, 0.1) is 17.1 Å². The number of hydrogen-bond donors (Lipinski definition) is 2. The Morgan fingerprint density at radius 2 is 2.10 bits per heavy atom. The quantitative estimate of drug-likeness (QED) is 0.725. The van der Waals surface area contributed by atoms with Crippen LogP contribution in [0.5, 0.6) is 0 Å². The molecule has 0 aromatic heterocycles. The smallest absolute Gasteiger partial charge is 0.237 e. The maximum Gasteiger partial charge on any atom is 0.237 e. The van der Waals surface area contributed by atoms with E-state index < -0.39 is 32.4 Å². The van der Waals surface area contributed by atoms with Crippen LogP contribution in [0.3, 0.4) is 0 Å². The minimum absolute atomic E-state index is 0.0558. The summed E-state index contributed by atoms with van der Waals surface area (Å²) in [6.45, 7) is 0. The van der Waals surface area contributed by atoms with E-state index in [9.17, 15) is 21.8 Å². The highest BCUT2D eigenvalue weighted by Gasteiger charge is 2.12. The number of carbonyl (C=O) groups excluding carboxylic acids is 1. The van der Waals surface area contributed by atoms with E-state index in [1.165, 1.54) is 6.07 Å². The Labute approximate surface area is 118 Å². The third-order valence-corrected chi connectivity index (χ3v) is 4.71. The van der Waals surface area contributed by atoms with Gasteiger partial charge in [0.2, 0.25) is 5.91 Å². The van der Waals surface area contributed by atoms with Gasteiger partial charge in [0.25, 0.3) is 0 Å². The molecule has 9 heteroatoms. The van der Waals surface area contributed by atoms with Gasteiger partial charge in [-0.05, 0) is 18.2 Å². The fourth-order valence-corrected chi connectivity index (χ4v) is 3.76. The minimum atomic E-state index is -3.21. The number of carbonyl (C=O) groups is 1. The summed E-state index contributed by atoms with van der Waals surface area (Å²) < 4.78 is 46.1. The van der Waals surface area contributed by atoms with E-state index in [1.54, 1.807) is 0 Å². The predicted molar refractivity (Wildman–Crippen MR) is 77.0 cm³/mol. The molecule has 1 unspecified atom stereocenters. The lowest BCUT2D eigenvalue weighted by atomic mass is 10.2. The molecule has 0 aliphatic carbocycles. The zero-order valence-corrected chi connectivity index (χ0v) is 12.4. The number of halogens is 1. The lowest BCUT2D eigenvalue weighted by Gasteiger charge is -2.08. The van der Waals surface area contributed by atoms with E-state index >= 15 is 0 Å². The second kappa shape index (κ2) is 6.80. The fraction of sp³-hybridized carbons (Fsp3) is 0.364. The highest BCUT2D eigenvalue weighted by Crippen LogP contribution is 2.18. The molecule has 0 heterocycles. The SMILES string of the molecule is CS(=O)(=O)CCS(=O)CC(=O)Nc1ccc(F)cc1N. The molecule has 20 heavy (non-hydrogen) atoms. The summed E-state index contributed by atoms with van der Waals surface area (Å²) in [6, 6.07) is 3.48. The Kier molecular flexibility index (Phi) is 5.63. The van der Waals surface area contributed by atoms with Gasteiger partial charge in [-0.3, -0.25) is 9.00 Å². The van der Waals surface area contributed by atoms with Crippen LogP contribution in [0.25, 0.3) is 0 Å². The van der Waals surface area contributed by atoms with Crippen LogP contribution < -0.4 is 11.1 Å². The molecule has 0 aliphatic heterocycles. The Bertz CT molecular complexity index is 631. The molecular formula is C11H15FN2O4S2. The van der Waals surface area contributed by atoms with Gasteiger partial charge < -0.3 is 11.1 Å². The summed E-state index contributed by atoms with van der Waals surface area (Å²) >= 11 is 0. The Balaban J connectivity index is 2.53. The summed E-state index contributed by atoms with van der Waals surface area (Å²) in [5.74, 6) is -1.80. The van der Waals surface area contributed by atoms with E-state index in [4.69, 9.17) is 5.73 Å². The van der Waals surface area contributed by atoms with E-state index in [0.29, 0.717) is 0 Å². The van der Waals surface area contributed by atoms with Gasteiger partial charge >= 0.3 is 0 Å². The number of rotatable bonds is 6. The lowest BCUT2D eigenvalue weighted by molar-refractivity contribution is -0.113. The van der Waals surface area contributed by atoms with Crippen LogP contribution in [0, 0.1) is 5.82 Å². The summed E-state index contributed by atoms with van der Waals surface area (Å²) in [5.41, 5.74) is 5.78. The van der Waals surface area contributed by atoms with Crippen LogP contribution >= 0.6 is 0 Å². The van der Waals surface area contributed by atoms with Gasteiger partial charge in [-0.1, -0.05) is 0 Å². The summed E-state index contributed by atoms with van der Waals surface area (Å²) in [6.07, 6.45) is 1.03. The van der Waals surface area contributed by atoms with Crippen molar-refractivity contribution >= 4 is 37.9 Å². The number of amides is 1. The monoisotopic (exact) mass is 322 g/mol. The molecule has 0 bridgehead atoms. The van der Waals surface area contributed by atoms with Gasteiger partial charge in [0.1, 0.15) is 21.4 Å². The molecule has 3 N–H and O–H groups in total. The second-order valence-corrected chi connectivity index (χ2v) is 8.03. The average molecular weight is 322 g/mol. The highest BCUT2D eigenvalue weighted by atomic mass is 32.2. The molecule has 112 valence electrons. The first-order valence-corrected chi connectivity index (χ1v) is 9.10. The van der Waals surface area contributed by atoms with Crippen molar-refractivity contribution in [3.8, 4) is 0 Å². The van der Waals surface area contributed by atoms with E-state index in [1.807, 2.05) is 0 Å². The highest BCUT2D eigenvalue weighted by molar-refractivity contribution is 7.92. The van der Waals surface area contributed by atoms with Crippen molar-refractivity contribution in [2.24, 2.45) is 0 Å². The Morgan fingerprint density at radius 3 is 2.65 bits per heavy atom. The van der Waals surface area contributed by atoms with Gasteiger partial charge in [0.15, 0.2) is 0 Å². The molecule has 1 rings (SSSR count). The molecule has 0 saturated carbocycles. The summed E-state index contributed by atoms with van der Waals surface area (Å²) in [4.78, 5) is 11.6. The van der Waals surface area contributed by atoms with Crippen molar-refractivity contribution < 1.29 is 21.8 Å². The van der Waals surface area contributed by atoms with E-state index in [2.05, 4.69) is 5.32 Å². The van der Waals surface area contributed by atoms with Crippen molar-refractivity contribution in [1.82, 2.24) is 0 Å². The minimum Gasteiger partial charge on any atom is -0.397 e. The Morgan fingerprint density at radius 1 is 1.45 bits per heavy atom. The fourth-order valence-electron chi connectivity index (χ4n) is 1.30. The van der Waals surface area contributed by atoms with Crippen molar-refractivity contribution in [2.45, 2.75) is 0 Å². The molecule has 1 aromatic rings. The molecule has 0 fully saturated rings. The Hall–Kier alpha value is -1.48. The second-order valence-electron chi connectivity index (χ2n) is 4.20. The molecule has 1 atom stereocenters. The molecular weight excluding hydrogens is 307 g/mol. The van der Waals surface area contributed by atoms with Crippen LogP contribution in [0.1, 0.15) is 0 Å². The molecule has 1 aromatic carbocycles. The summed E-state index contributed by atoms with van der Waals surface area (Å²) in [5, 5.41) is 2.39. The normalized spacial score (nSPS) is 12.9. The molecule has 0 saturated heterocycles. The topological polar surface area (TPSA) is 106 Å². The van der Waals surface area contributed by atoms with Crippen LogP contribution in [0.2, 0.25) is 0 Å². The van der Waals surface area contributed by atoms with Crippen molar-refractivity contribution in [3.63, 3.8) is 0 Å². The van der Waals surface area contributed by atoms with Crippen LogP contribution in [0.4, 0.5) is 15.8 Å². The maximum absolute atomic E-state index is 12.8. The van der Waals surface area contributed by atoms with E-state index in [-0.39, 0.29) is 28.6 Å². The van der Waals surface area contributed by atoms with E-state index in [0.717, 1.165) is 18.4 Å². The molecule has 0 radical (unpaired) electrons. The van der Waals surface area contributed by atoms with Crippen molar-refractivity contribution in [2.75, 3.05) is 34.6 Å². The number of nitrogens with one attached hydrogen (secondary N) is 1. The number of benzene rings is 1. The molecule has 0 spiro atoms. The maximum atomic E-state index is 12.8. The number of hydrogen-bond acceptors (Lipinski definition) is 5. The van der Waals surface area contributed by atoms with Gasteiger partial charge in [-0.2, -0.15) is 0 Å². The number of anilines is 2. The standard InChI is InChI=1S/C11H15FN2O4S2/c1-20(17,18)5-4-19(16)7-11(15)14-10-3-2-8(12)6-9(10)13/h2-3,6H,4-5,7,13H2,1H3,(H,14,15). The van der Waals surface area contributed by atoms with Crippen molar-refractivity contribution in [3.05, 3.63) is 24.0 Å². The zero-order valence-electron chi connectivity index (χ0n) is 10.8. The van der Waals surface area contributed by atoms with Gasteiger partial charge in [-0.15, -0.1) is 0 Å². The lowest BCUT2D eigenvalue weighted by Crippen LogP contribution is -2.23. The third kappa shape index (κ3) is 6.11. The first kappa shape index (κ1) is 16.6. The van der Waals surface area contributed by atoms with Gasteiger partial charge in [0, 0.05) is 22.8 Å². The van der Waals surface area contributed by atoms with Crippen molar-refractivity contribution in [1.29, 1.82) is 0 Å². The number of nitrogens with two attached hydrogens (primary N) is 1. The average Bonchev–Trinajstić information content (AvgIpc) is 2.29. The molecule has 1 amide bonds.